The van der Waals surface area contributed by atoms with Crippen molar-refractivity contribution in [1.29, 1.82) is 0 Å². The van der Waals surface area contributed by atoms with Gasteiger partial charge in [0.25, 0.3) is 0 Å². The second-order valence-electron chi connectivity index (χ2n) is 9.32. The van der Waals surface area contributed by atoms with E-state index in [1.807, 2.05) is 7.11 Å². The first-order valence-corrected chi connectivity index (χ1v) is 13.8. The standard InChI is InChI=1S/C24H54NOSi/c1-6-8-9-10-11-12-13-14-15-16-17-18-19-20-21-22-23-25(3,4)24(7-2)27-26-5/h24H,6-23,27H2,1-5H3/q+1. The average molecular weight is 401 g/mol. The minimum absolute atomic E-state index is 0.363. The summed E-state index contributed by atoms with van der Waals surface area (Å²) in [4.78, 5) is 0. The monoisotopic (exact) mass is 400 g/mol. The van der Waals surface area contributed by atoms with E-state index in [-0.39, 0.29) is 9.76 Å². The van der Waals surface area contributed by atoms with E-state index in [0.717, 1.165) is 5.67 Å². The molecule has 0 fully saturated rings. The van der Waals surface area contributed by atoms with Crippen molar-refractivity contribution >= 4 is 9.76 Å². The molecule has 0 rings (SSSR count). The fourth-order valence-electron chi connectivity index (χ4n) is 4.26. The fraction of sp³-hybridized carbons (Fsp3) is 1.00. The van der Waals surface area contributed by atoms with Crippen molar-refractivity contribution in [3.63, 3.8) is 0 Å². The Morgan fingerprint density at radius 2 is 1.00 bits per heavy atom. The lowest BCUT2D eigenvalue weighted by molar-refractivity contribution is -0.903. The van der Waals surface area contributed by atoms with Gasteiger partial charge in [0.05, 0.1) is 26.3 Å². The first-order valence-electron chi connectivity index (χ1n) is 12.4. The third-order valence-corrected chi connectivity index (χ3v) is 8.69. The second-order valence-corrected chi connectivity index (χ2v) is 11.2. The van der Waals surface area contributed by atoms with Crippen LogP contribution in [0.15, 0.2) is 0 Å². The Labute approximate surface area is 175 Å². The Hall–Kier alpha value is 0.137. The molecule has 0 aromatic heterocycles. The molecule has 1 unspecified atom stereocenters. The van der Waals surface area contributed by atoms with Crippen LogP contribution in [-0.2, 0) is 4.43 Å². The highest BCUT2D eigenvalue weighted by Gasteiger charge is 2.26. The Morgan fingerprint density at radius 1 is 0.630 bits per heavy atom. The van der Waals surface area contributed by atoms with E-state index in [1.165, 1.54) is 120 Å². The molecule has 0 N–H and O–H groups in total. The molecule has 0 spiro atoms. The average Bonchev–Trinajstić information content (AvgIpc) is 2.65. The molecule has 1 atom stereocenters. The Balaban J connectivity index is 3.33. The van der Waals surface area contributed by atoms with Crippen molar-refractivity contribution in [2.75, 3.05) is 27.7 Å². The van der Waals surface area contributed by atoms with E-state index in [0.29, 0.717) is 0 Å². The van der Waals surface area contributed by atoms with Crippen LogP contribution in [0.4, 0.5) is 0 Å². The first-order chi connectivity index (χ1) is 13.1. The lowest BCUT2D eigenvalue weighted by Gasteiger charge is -2.37. The number of unbranched alkanes of at least 4 members (excludes halogenated alkanes) is 15. The van der Waals surface area contributed by atoms with Gasteiger partial charge >= 0.3 is 0 Å². The van der Waals surface area contributed by atoms with E-state index >= 15 is 0 Å². The summed E-state index contributed by atoms with van der Waals surface area (Å²) in [6.07, 6.45) is 24.5. The molecule has 0 saturated carbocycles. The molecule has 0 radical (unpaired) electrons. The summed E-state index contributed by atoms with van der Waals surface area (Å²) in [6, 6.07) is 0. The third-order valence-electron chi connectivity index (χ3n) is 6.41. The van der Waals surface area contributed by atoms with Crippen LogP contribution in [0.5, 0.6) is 0 Å². The molecule has 2 nitrogen and oxygen atoms in total. The number of nitrogens with zero attached hydrogens (tertiary/aromatic N) is 1. The predicted molar refractivity (Wildman–Crippen MR) is 126 cm³/mol. The molecule has 0 aliphatic carbocycles. The molecular weight excluding hydrogens is 346 g/mol. The summed E-state index contributed by atoms with van der Waals surface area (Å²) in [6.45, 7) is 5.95. The van der Waals surface area contributed by atoms with Crippen molar-refractivity contribution in [2.24, 2.45) is 0 Å². The van der Waals surface area contributed by atoms with Gasteiger partial charge in [-0.3, -0.25) is 0 Å². The van der Waals surface area contributed by atoms with Gasteiger partial charge in [0.15, 0.2) is 0 Å². The summed E-state index contributed by atoms with van der Waals surface area (Å²) >= 11 is 0. The highest BCUT2D eigenvalue weighted by molar-refractivity contribution is 6.28. The van der Waals surface area contributed by atoms with Gasteiger partial charge in [0.2, 0.25) is 9.76 Å². The molecule has 0 aromatic rings. The van der Waals surface area contributed by atoms with Gasteiger partial charge in [-0.2, -0.15) is 0 Å². The highest BCUT2D eigenvalue weighted by Crippen LogP contribution is 2.15. The van der Waals surface area contributed by atoms with E-state index < -0.39 is 0 Å². The smallest absolute Gasteiger partial charge is 0.224 e. The molecule has 0 saturated heterocycles. The van der Waals surface area contributed by atoms with Gasteiger partial charge in [0, 0.05) is 7.11 Å². The normalized spacial score (nSPS) is 13.7. The van der Waals surface area contributed by atoms with Crippen LogP contribution in [0, 0.1) is 0 Å². The van der Waals surface area contributed by atoms with Crippen LogP contribution in [0.1, 0.15) is 123 Å². The minimum atomic E-state index is -0.363. The van der Waals surface area contributed by atoms with Crippen LogP contribution in [0.25, 0.3) is 0 Å². The van der Waals surface area contributed by atoms with Crippen LogP contribution in [0.3, 0.4) is 0 Å². The molecule has 0 aliphatic heterocycles. The Kier molecular flexibility index (Phi) is 19.6. The molecule has 3 heteroatoms. The molecule has 0 amide bonds. The SMILES string of the molecule is CCCCCCCCCCCCCCCCCC[N+](C)(C)C(CC)[SiH2]OC. The van der Waals surface area contributed by atoms with Gasteiger partial charge in [-0.25, -0.2) is 0 Å². The topological polar surface area (TPSA) is 9.23 Å². The molecular formula is C24H54NOSi+. The van der Waals surface area contributed by atoms with Gasteiger partial charge in [-0.1, -0.05) is 104 Å². The fourth-order valence-corrected chi connectivity index (χ4v) is 5.46. The third kappa shape index (κ3) is 16.8. The minimum Gasteiger partial charge on any atom is -0.420 e. The summed E-state index contributed by atoms with van der Waals surface area (Å²) in [5.74, 6) is 0. The molecule has 27 heavy (non-hydrogen) atoms. The first kappa shape index (κ1) is 27.1. The Morgan fingerprint density at radius 3 is 1.33 bits per heavy atom. The summed E-state index contributed by atoms with van der Waals surface area (Å²) in [5.41, 5.74) is 0.784. The summed E-state index contributed by atoms with van der Waals surface area (Å²) in [5, 5.41) is 0. The molecule has 164 valence electrons. The lowest BCUT2D eigenvalue weighted by Crippen LogP contribution is -2.52. The highest BCUT2D eigenvalue weighted by atomic mass is 28.2. The molecule has 0 aromatic carbocycles. The van der Waals surface area contributed by atoms with Crippen LogP contribution in [-0.4, -0.2) is 47.7 Å². The van der Waals surface area contributed by atoms with Crippen molar-refractivity contribution in [2.45, 2.75) is 129 Å². The van der Waals surface area contributed by atoms with Crippen molar-refractivity contribution in [3.05, 3.63) is 0 Å². The zero-order valence-electron chi connectivity index (χ0n) is 19.9. The van der Waals surface area contributed by atoms with Crippen LogP contribution < -0.4 is 0 Å². The number of rotatable bonds is 21. The maximum atomic E-state index is 5.54. The van der Waals surface area contributed by atoms with Crippen molar-refractivity contribution < 1.29 is 8.91 Å². The van der Waals surface area contributed by atoms with Gasteiger partial charge in [0.1, 0.15) is 0 Å². The predicted octanol–water partition coefficient (Wildman–Crippen LogP) is 6.79. The largest absolute Gasteiger partial charge is 0.420 e. The van der Waals surface area contributed by atoms with Crippen molar-refractivity contribution in [1.82, 2.24) is 0 Å². The Bertz CT molecular complexity index is 296. The second kappa shape index (κ2) is 19.5. The number of quaternary nitrogens is 1. The van der Waals surface area contributed by atoms with Gasteiger partial charge < -0.3 is 8.91 Å². The number of hydrogen-bond donors (Lipinski definition) is 0. The molecule has 0 bridgehead atoms. The molecule has 0 aliphatic rings. The van der Waals surface area contributed by atoms with Gasteiger partial charge in [-0.05, 0) is 19.3 Å². The van der Waals surface area contributed by atoms with Crippen LogP contribution >= 0.6 is 0 Å². The zero-order valence-corrected chi connectivity index (χ0v) is 21.3. The maximum Gasteiger partial charge on any atom is 0.224 e. The van der Waals surface area contributed by atoms with E-state index in [4.69, 9.17) is 4.43 Å². The van der Waals surface area contributed by atoms with E-state index in [2.05, 4.69) is 27.9 Å². The maximum absolute atomic E-state index is 5.54. The molecule has 0 heterocycles. The summed E-state index contributed by atoms with van der Waals surface area (Å²) < 4.78 is 6.71. The van der Waals surface area contributed by atoms with E-state index in [1.54, 1.807) is 0 Å². The summed E-state index contributed by atoms with van der Waals surface area (Å²) in [7, 11) is 6.35. The lowest BCUT2D eigenvalue weighted by atomic mass is 10.0. The van der Waals surface area contributed by atoms with E-state index in [9.17, 15) is 0 Å². The zero-order chi connectivity index (χ0) is 20.2. The van der Waals surface area contributed by atoms with Crippen LogP contribution in [0.2, 0.25) is 0 Å². The quantitative estimate of drug-likeness (QED) is 0.117. The van der Waals surface area contributed by atoms with Gasteiger partial charge in [-0.15, -0.1) is 0 Å². The number of hydrogen-bond acceptors (Lipinski definition) is 1. The van der Waals surface area contributed by atoms with Crippen molar-refractivity contribution in [3.8, 4) is 0 Å².